The highest BCUT2D eigenvalue weighted by Gasteiger charge is 2.27. The Hall–Kier alpha value is -0.830. The fourth-order valence-corrected chi connectivity index (χ4v) is 1.82. The van der Waals surface area contributed by atoms with Crippen LogP contribution in [0, 0.1) is 0 Å². The third-order valence-corrected chi connectivity index (χ3v) is 2.74. The minimum absolute atomic E-state index is 0.0712. The Morgan fingerprint density at radius 2 is 2.18 bits per heavy atom. The van der Waals surface area contributed by atoms with Crippen LogP contribution in [-0.4, -0.2) is 38.0 Å². The summed E-state index contributed by atoms with van der Waals surface area (Å²) in [7, 11) is 0. The highest BCUT2D eigenvalue weighted by molar-refractivity contribution is 8.00. The van der Waals surface area contributed by atoms with Gasteiger partial charge in [-0.05, 0) is 35.7 Å². The number of tetrazole rings is 1. The lowest BCUT2D eigenvalue weighted by Crippen LogP contribution is -2.22. The van der Waals surface area contributed by atoms with Gasteiger partial charge in [0.2, 0.25) is 0 Å². The van der Waals surface area contributed by atoms with E-state index in [1.807, 2.05) is 13.8 Å². The second-order valence-electron chi connectivity index (χ2n) is 3.33. The predicted molar refractivity (Wildman–Crippen MR) is 58.4 cm³/mol. The zero-order valence-corrected chi connectivity index (χ0v) is 10.3. The van der Waals surface area contributed by atoms with Crippen LogP contribution in [0.15, 0.2) is 0 Å². The molecule has 0 spiro atoms. The van der Waals surface area contributed by atoms with E-state index in [-0.39, 0.29) is 30.1 Å². The average molecular weight is 269 g/mol. The van der Waals surface area contributed by atoms with Gasteiger partial charge in [0.25, 0.3) is 0 Å². The molecule has 1 N–H and O–H groups in total. The van der Waals surface area contributed by atoms with E-state index in [1.165, 1.54) is 4.68 Å². The summed E-state index contributed by atoms with van der Waals surface area (Å²) in [5.41, 5.74) is -4.21. The lowest BCUT2D eigenvalue weighted by molar-refractivity contribution is -0.0328. The van der Waals surface area contributed by atoms with Crippen molar-refractivity contribution in [2.24, 2.45) is 0 Å². The summed E-state index contributed by atoms with van der Waals surface area (Å²) in [5.74, 6) is 0.454. The molecule has 1 aromatic heterocycles. The first-order valence-corrected chi connectivity index (χ1v) is 6.12. The van der Waals surface area contributed by atoms with Crippen molar-refractivity contribution in [3.05, 3.63) is 5.82 Å². The van der Waals surface area contributed by atoms with Crippen LogP contribution in [0.4, 0.5) is 13.2 Å². The zero-order valence-electron chi connectivity index (χ0n) is 9.53. The maximum absolute atomic E-state index is 12.0. The molecule has 0 saturated carbocycles. The molecule has 0 aliphatic rings. The molecule has 0 radical (unpaired) electrons. The van der Waals surface area contributed by atoms with E-state index in [0.29, 0.717) is 5.82 Å². The highest BCUT2D eigenvalue weighted by atomic mass is 32.2. The molecule has 0 saturated heterocycles. The summed E-state index contributed by atoms with van der Waals surface area (Å²) in [6.45, 7) is 4.68. The smallest absolute Gasteiger partial charge is 0.308 e. The number of hydrogen-bond donors (Lipinski definition) is 1. The second kappa shape index (κ2) is 6.20. The number of thioether (sulfide) groups is 1. The third-order valence-electron chi connectivity index (χ3n) is 2.03. The van der Waals surface area contributed by atoms with Crippen LogP contribution >= 0.6 is 11.8 Å². The van der Waals surface area contributed by atoms with Crippen molar-refractivity contribution in [3.8, 4) is 0 Å². The number of nitrogens with zero attached hydrogens (tertiary/aromatic N) is 4. The minimum Gasteiger partial charge on any atom is -0.308 e. The standard InChI is InChI=1S/C8H14F3N5S/c1-3-12-6(2)7-13-14-15-16(7)4-5-17-8(9,10)11/h6,12H,3-5H2,1-2H3. The van der Waals surface area contributed by atoms with Crippen molar-refractivity contribution in [2.75, 3.05) is 12.3 Å². The summed E-state index contributed by atoms with van der Waals surface area (Å²) in [5, 5.41) is 14.0. The second-order valence-corrected chi connectivity index (χ2v) is 4.49. The summed E-state index contributed by atoms with van der Waals surface area (Å²) in [6, 6.07) is -0.0779. The molecule has 0 bridgehead atoms. The number of alkyl halides is 3. The van der Waals surface area contributed by atoms with Gasteiger partial charge in [-0.3, -0.25) is 0 Å². The Morgan fingerprint density at radius 3 is 2.76 bits per heavy atom. The number of aryl methyl sites for hydroxylation is 1. The van der Waals surface area contributed by atoms with Gasteiger partial charge in [0.05, 0.1) is 12.6 Å². The Bertz CT molecular complexity index is 340. The predicted octanol–water partition coefficient (Wildman–Crippen LogP) is 1.60. The normalized spacial score (nSPS) is 13.9. The number of rotatable bonds is 6. The lowest BCUT2D eigenvalue weighted by Gasteiger charge is -2.12. The topological polar surface area (TPSA) is 55.6 Å². The van der Waals surface area contributed by atoms with Gasteiger partial charge in [-0.25, -0.2) is 4.68 Å². The van der Waals surface area contributed by atoms with Crippen LogP contribution < -0.4 is 5.32 Å². The highest BCUT2D eigenvalue weighted by Crippen LogP contribution is 2.30. The summed E-state index contributed by atoms with van der Waals surface area (Å²) < 4.78 is 37.3. The molecule has 0 aliphatic heterocycles. The van der Waals surface area contributed by atoms with E-state index < -0.39 is 5.51 Å². The summed E-state index contributed by atoms with van der Waals surface area (Å²) in [6.07, 6.45) is 0. The van der Waals surface area contributed by atoms with Gasteiger partial charge in [-0.2, -0.15) is 13.2 Å². The van der Waals surface area contributed by atoms with Gasteiger partial charge >= 0.3 is 5.51 Å². The largest absolute Gasteiger partial charge is 0.441 e. The molecule has 0 fully saturated rings. The Morgan fingerprint density at radius 1 is 1.47 bits per heavy atom. The van der Waals surface area contributed by atoms with E-state index in [4.69, 9.17) is 0 Å². The van der Waals surface area contributed by atoms with Crippen LogP contribution in [-0.2, 0) is 6.54 Å². The van der Waals surface area contributed by atoms with Crippen molar-refractivity contribution < 1.29 is 13.2 Å². The maximum Gasteiger partial charge on any atom is 0.441 e. The molecule has 0 aliphatic carbocycles. The molecule has 98 valence electrons. The molecular formula is C8H14F3N5S. The average Bonchev–Trinajstić information content (AvgIpc) is 2.64. The molecule has 17 heavy (non-hydrogen) atoms. The molecule has 1 atom stereocenters. The minimum atomic E-state index is -4.21. The number of hydrogen-bond acceptors (Lipinski definition) is 5. The first-order chi connectivity index (χ1) is 7.94. The molecule has 5 nitrogen and oxygen atoms in total. The number of aromatic nitrogens is 4. The third kappa shape index (κ3) is 4.90. The van der Waals surface area contributed by atoms with E-state index in [1.54, 1.807) is 0 Å². The fourth-order valence-electron chi connectivity index (χ4n) is 1.33. The van der Waals surface area contributed by atoms with Gasteiger partial charge in [0, 0.05) is 5.75 Å². The lowest BCUT2D eigenvalue weighted by atomic mass is 10.3. The van der Waals surface area contributed by atoms with Crippen LogP contribution in [0.1, 0.15) is 25.7 Å². The van der Waals surface area contributed by atoms with Gasteiger partial charge in [0.15, 0.2) is 5.82 Å². The molecule has 9 heteroatoms. The Balaban J connectivity index is 2.51. The van der Waals surface area contributed by atoms with Crippen LogP contribution in [0.5, 0.6) is 0 Å². The van der Waals surface area contributed by atoms with Crippen LogP contribution in [0.2, 0.25) is 0 Å². The van der Waals surface area contributed by atoms with E-state index in [2.05, 4.69) is 20.8 Å². The monoisotopic (exact) mass is 269 g/mol. The molecule has 0 amide bonds. The van der Waals surface area contributed by atoms with Crippen molar-refractivity contribution in [2.45, 2.75) is 31.9 Å². The SMILES string of the molecule is CCNC(C)c1nnnn1CCSC(F)(F)F. The van der Waals surface area contributed by atoms with Crippen molar-refractivity contribution >= 4 is 11.8 Å². The first kappa shape index (κ1) is 14.2. The number of nitrogens with one attached hydrogen (secondary N) is 1. The first-order valence-electron chi connectivity index (χ1n) is 5.14. The summed E-state index contributed by atoms with van der Waals surface area (Å²) in [4.78, 5) is 0. The Kier molecular flexibility index (Phi) is 5.19. The van der Waals surface area contributed by atoms with Gasteiger partial charge < -0.3 is 5.32 Å². The molecule has 1 unspecified atom stereocenters. The van der Waals surface area contributed by atoms with Crippen molar-refractivity contribution in [3.63, 3.8) is 0 Å². The maximum atomic E-state index is 12.0. The molecule has 1 rings (SSSR count). The number of halogens is 3. The van der Waals surface area contributed by atoms with Crippen molar-refractivity contribution in [1.29, 1.82) is 0 Å². The van der Waals surface area contributed by atoms with E-state index >= 15 is 0 Å². The van der Waals surface area contributed by atoms with Gasteiger partial charge in [0.1, 0.15) is 0 Å². The van der Waals surface area contributed by atoms with E-state index in [0.717, 1.165) is 6.54 Å². The van der Waals surface area contributed by atoms with E-state index in [9.17, 15) is 13.2 Å². The Labute approximate surface area is 101 Å². The van der Waals surface area contributed by atoms with Gasteiger partial charge in [-0.1, -0.05) is 6.92 Å². The fraction of sp³-hybridized carbons (Fsp3) is 0.875. The molecule has 0 aromatic carbocycles. The molecule has 1 aromatic rings. The summed E-state index contributed by atoms with van der Waals surface area (Å²) >= 11 is -0.0712. The van der Waals surface area contributed by atoms with Crippen LogP contribution in [0.3, 0.4) is 0 Å². The molecule has 1 heterocycles. The molecular weight excluding hydrogens is 255 g/mol. The van der Waals surface area contributed by atoms with Gasteiger partial charge in [-0.15, -0.1) is 5.10 Å². The van der Waals surface area contributed by atoms with Crippen molar-refractivity contribution in [1.82, 2.24) is 25.5 Å². The zero-order chi connectivity index (χ0) is 12.9. The quantitative estimate of drug-likeness (QED) is 0.850. The van der Waals surface area contributed by atoms with Crippen LogP contribution in [0.25, 0.3) is 0 Å².